The number of benzene rings is 1. The van der Waals surface area contributed by atoms with Gasteiger partial charge in [0, 0.05) is 0 Å². The van der Waals surface area contributed by atoms with Crippen LogP contribution >= 0.6 is 0 Å². The molecule has 0 aliphatic heterocycles. The SMILES string of the molecule is Cc1ccc(NC2(c3ccc(F)cc3)CC2)nn1. The molecule has 0 atom stereocenters. The molecule has 1 saturated carbocycles. The van der Waals surface area contributed by atoms with E-state index in [1.54, 1.807) is 0 Å². The number of halogens is 1. The number of nitrogens with zero attached hydrogens (tertiary/aromatic N) is 2. The zero-order valence-electron chi connectivity index (χ0n) is 10.2. The molecule has 3 rings (SSSR count). The molecule has 1 aliphatic rings. The van der Waals surface area contributed by atoms with Crippen LogP contribution in [0.2, 0.25) is 0 Å². The molecular weight excluding hydrogens is 229 g/mol. The first-order chi connectivity index (χ1) is 8.68. The quantitative estimate of drug-likeness (QED) is 0.900. The summed E-state index contributed by atoms with van der Waals surface area (Å²) < 4.78 is 12.9. The standard InChI is InChI=1S/C14H14FN3/c1-10-2-7-13(18-17-10)16-14(8-9-14)11-3-5-12(15)6-4-11/h2-7H,8-9H2,1H3,(H,16,18). The van der Waals surface area contributed by atoms with E-state index < -0.39 is 0 Å². The van der Waals surface area contributed by atoms with Gasteiger partial charge in [0.25, 0.3) is 0 Å². The molecule has 0 saturated heterocycles. The number of hydrogen-bond donors (Lipinski definition) is 1. The molecule has 1 heterocycles. The fourth-order valence-corrected chi connectivity index (χ4v) is 2.09. The molecule has 1 aromatic carbocycles. The molecule has 0 amide bonds. The van der Waals surface area contributed by atoms with E-state index in [0.29, 0.717) is 0 Å². The zero-order valence-corrected chi connectivity index (χ0v) is 10.2. The molecular formula is C14H14FN3. The second-order valence-electron chi connectivity index (χ2n) is 4.77. The predicted octanol–water partition coefficient (Wildman–Crippen LogP) is 3.03. The van der Waals surface area contributed by atoms with Crippen molar-refractivity contribution in [1.29, 1.82) is 0 Å². The van der Waals surface area contributed by atoms with Crippen molar-refractivity contribution < 1.29 is 4.39 Å². The summed E-state index contributed by atoms with van der Waals surface area (Å²) in [6.07, 6.45) is 2.07. The van der Waals surface area contributed by atoms with Crippen LogP contribution in [0.1, 0.15) is 24.1 Å². The Hall–Kier alpha value is -1.97. The molecule has 0 spiro atoms. The van der Waals surface area contributed by atoms with Crippen molar-refractivity contribution in [3.05, 3.63) is 53.5 Å². The number of aromatic nitrogens is 2. The Balaban J connectivity index is 1.83. The lowest BCUT2D eigenvalue weighted by molar-refractivity contribution is 0.625. The van der Waals surface area contributed by atoms with E-state index in [9.17, 15) is 4.39 Å². The van der Waals surface area contributed by atoms with Crippen molar-refractivity contribution in [3.63, 3.8) is 0 Å². The molecule has 3 nitrogen and oxygen atoms in total. The average molecular weight is 243 g/mol. The molecule has 1 aliphatic carbocycles. The second-order valence-corrected chi connectivity index (χ2v) is 4.77. The minimum Gasteiger partial charge on any atom is -0.359 e. The fourth-order valence-electron chi connectivity index (χ4n) is 2.09. The first-order valence-corrected chi connectivity index (χ1v) is 6.03. The van der Waals surface area contributed by atoms with E-state index in [0.717, 1.165) is 29.9 Å². The lowest BCUT2D eigenvalue weighted by atomic mass is 10.1. The third kappa shape index (κ3) is 2.06. The molecule has 1 fully saturated rings. The normalized spacial score (nSPS) is 16.3. The summed E-state index contributed by atoms with van der Waals surface area (Å²) in [6.45, 7) is 1.91. The molecule has 0 bridgehead atoms. The summed E-state index contributed by atoms with van der Waals surface area (Å²) in [5.41, 5.74) is 1.91. The number of hydrogen-bond acceptors (Lipinski definition) is 3. The van der Waals surface area contributed by atoms with Crippen molar-refractivity contribution in [2.24, 2.45) is 0 Å². The zero-order chi connectivity index (χ0) is 12.6. The van der Waals surface area contributed by atoms with Crippen molar-refractivity contribution in [2.75, 3.05) is 5.32 Å². The van der Waals surface area contributed by atoms with Crippen LogP contribution in [0.4, 0.5) is 10.2 Å². The van der Waals surface area contributed by atoms with E-state index in [1.165, 1.54) is 12.1 Å². The van der Waals surface area contributed by atoms with Gasteiger partial charge in [0.2, 0.25) is 0 Å². The fraction of sp³-hybridized carbons (Fsp3) is 0.286. The monoisotopic (exact) mass is 243 g/mol. The van der Waals surface area contributed by atoms with Crippen LogP contribution in [0.3, 0.4) is 0 Å². The summed E-state index contributed by atoms with van der Waals surface area (Å²) in [6, 6.07) is 10.5. The van der Waals surface area contributed by atoms with Gasteiger partial charge in [0.1, 0.15) is 11.6 Å². The van der Waals surface area contributed by atoms with Gasteiger partial charge < -0.3 is 5.32 Å². The minimum absolute atomic E-state index is 0.0857. The highest BCUT2D eigenvalue weighted by Gasteiger charge is 2.44. The largest absolute Gasteiger partial charge is 0.359 e. The van der Waals surface area contributed by atoms with Crippen molar-refractivity contribution in [3.8, 4) is 0 Å². The van der Waals surface area contributed by atoms with Crippen molar-refractivity contribution in [1.82, 2.24) is 10.2 Å². The van der Waals surface area contributed by atoms with E-state index in [1.807, 2.05) is 31.2 Å². The van der Waals surface area contributed by atoms with Gasteiger partial charge in [-0.15, -0.1) is 5.10 Å². The van der Waals surface area contributed by atoms with Crippen LogP contribution in [0.5, 0.6) is 0 Å². The van der Waals surface area contributed by atoms with Gasteiger partial charge >= 0.3 is 0 Å². The van der Waals surface area contributed by atoms with E-state index in [2.05, 4.69) is 15.5 Å². The molecule has 2 aromatic rings. The topological polar surface area (TPSA) is 37.8 Å². The van der Waals surface area contributed by atoms with E-state index in [-0.39, 0.29) is 11.4 Å². The Kier molecular flexibility index (Phi) is 2.51. The van der Waals surface area contributed by atoms with Crippen molar-refractivity contribution >= 4 is 5.82 Å². The minimum atomic E-state index is -0.204. The van der Waals surface area contributed by atoms with Crippen LogP contribution < -0.4 is 5.32 Å². The Labute approximate surface area is 105 Å². The van der Waals surface area contributed by atoms with Crippen LogP contribution in [-0.4, -0.2) is 10.2 Å². The van der Waals surface area contributed by atoms with Gasteiger partial charge in [-0.3, -0.25) is 0 Å². The third-order valence-corrected chi connectivity index (χ3v) is 3.31. The first kappa shape index (κ1) is 11.1. The lowest BCUT2D eigenvalue weighted by Crippen LogP contribution is -2.19. The number of nitrogens with one attached hydrogen (secondary N) is 1. The second kappa shape index (κ2) is 4.05. The van der Waals surface area contributed by atoms with E-state index in [4.69, 9.17) is 0 Å². The molecule has 0 radical (unpaired) electrons. The Morgan fingerprint density at radius 3 is 2.33 bits per heavy atom. The Morgan fingerprint density at radius 2 is 1.78 bits per heavy atom. The van der Waals surface area contributed by atoms with E-state index >= 15 is 0 Å². The lowest BCUT2D eigenvalue weighted by Gasteiger charge is -2.18. The summed E-state index contributed by atoms with van der Waals surface area (Å²) in [7, 11) is 0. The molecule has 18 heavy (non-hydrogen) atoms. The van der Waals surface area contributed by atoms with Crippen LogP contribution in [-0.2, 0) is 5.54 Å². The highest BCUT2D eigenvalue weighted by Crippen LogP contribution is 2.47. The maximum atomic E-state index is 12.9. The van der Waals surface area contributed by atoms with Gasteiger partial charge in [0.05, 0.1) is 11.2 Å². The van der Waals surface area contributed by atoms with Gasteiger partial charge in [-0.1, -0.05) is 12.1 Å². The molecule has 0 unspecified atom stereocenters. The molecule has 92 valence electrons. The maximum absolute atomic E-state index is 12.9. The molecule has 1 aromatic heterocycles. The third-order valence-electron chi connectivity index (χ3n) is 3.31. The summed E-state index contributed by atoms with van der Waals surface area (Å²) >= 11 is 0. The van der Waals surface area contributed by atoms with Gasteiger partial charge in [-0.2, -0.15) is 5.10 Å². The Bertz CT molecular complexity index is 544. The average Bonchev–Trinajstić information content (AvgIpc) is 3.14. The first-order valence-electron chi connectivity index (χ1n) is 6.03. The predicted molar refractivity (Wildman–Crippen MR) is 67.7 cm³/mol. The molecule has 4 heteroatoms. The van der Waals surface area contributed by atoms with Crippen LogP contribution in [0, 0.1) is 12.7 Å². The highest BCUT2D eigenvalue weighted by molar-refractivity contribution is 5.45. The summed E-state index contributed by atoms with van der Waals surface area (Å²) in [5, 5.41) is 11.5. The smallest absolute Gasteiger partial charge is 0.149 e. The van der Waals surface area contributed by atoms with Gasteiger partial charge in [-0.25, -0.2) is 4.39 Å². The van der Waals surface area contributed by atoms with Gasteiger partial charge in [0.15, 0.2) is 0 Å². The highest BCUT2D eigenvalue weighted by atomic mass is 19.1. The summed E-state index contributed by atoms with van der Waals surface area (Å²) in [5.74, 6) is 0.562. The van der Waals surface area contributed by atoms with Crippen molar-refractivity contribution in [2.45, 2.75) is 25.3 Å². The number of rotatable bonds is 3. The summed E-state index contributed by atoms with van der Waals surface area (Å²) in [4.78, 5) is 0. The van der Waals surface area contributed by atoms with Gasteiger partial charge in [-0.05, 0) is 49.6 Å². The maximum Gasteiger partial charge on any atom is 0.149 e. The number of anilines is 1. The number of aryl methyl sites for hydroxylation is 1. The Morgan fingerprint density at radius 1 is 1.06 bits per heavy atom. The van der Waals surface area contributed by atoms with Crippen LogP contribution in [0.15, 0.2) is 36.4 Å². The molecule has 1 N–H and O–H groups in total. The van der Waals surface area contributed by atoms with Crippen LogP contribution in [0.25, 0.3) is 0 Å².